The topological polar surface area (TPSA) is 140 Å². The van der Waals surface area contributed by atoms with E-state index in [1.54, 1.807) is 24.3 Å². The second kappa shape index (κ2) is 13.6. The van der Waals surface area contributed by atoms with Gasteiger partial charge in [-0.2, -0.15) is 0 Å². The van der Waals surface area contributed by atoms with Gasteiger partial charge in [-0.1, -0.05) is 43.5 Å². The van der Waals surface area contributed by atoms with Crippen LogP contribution in [0.2, 0.25) is 0 Å². The van der Waals surface area contributed by atoms with Gasteiger partial charge in [-0.15, -0.1) is 5.23 Å². The monoisotopic (exact) mass is 547 g/mol. The minimum Gasteiger partial charge on any atom is -0.481 e. The van der Waals surface area contributed by atoms with Crippen LogP contribution >= 0.6 is 0 Å². The summed E-state index contributed by atoms with van der Waals surface area (Å²) >= 11 is 0. The van der Waals surface area contributed by atoms with E-state index in [-0.39, 0.29) is 42.1 Å². The minimum absolute atomic E-state index is 0.0259. The predicted molar refractivity (Wildman–Crippen MR) is 148 cm³/mol. The number of hydrogen-bond donors (Lipinski definition) is 4. The fourth-order valence-electron chi connectivity index (χ4n) is 4.76. The van der Waals surface area contributed by atoms with E-state index in [1.165, 1.54) is 54.0 Å². The van der Waals surface area contributed by atoms with Crippen molar-refractivity contribution in [1.29, 1.82) is 0 Å². The number of nitrogens with zero attached hydrogens (tertiary/aromatic N) is 2. The van der Waals surface area contributed by atoms with Gasteiger partial charge in [-0.3, -0.25) is 24.9 Å². The number of aliphatic carboxylic acids is 1. The molecule has 2 amide bonds. The van der Waals surface area contributed by atoms with Crippen LogP contribution in [-0.4, -0.2) is 40.0 Å². The van der Waals surface area contributed by atoms with Crippen molar-refractivity contribution >= 4 is 29.3 Å². The van der Waals surface area contributed by atoms with E-state index in [0.717, 1.165) is 18.4 Å². The van der Waals surface area contributed by atoms with Crippen LogP contribution < -0.4 is 20.2 Å². The molecule has 210 valence electrons. The van der Waals surface area contributed by atoms with Gasteiger partial charge in [-0.05, 0) is 78.4 Å². The molecule has 4 N–H and O–H groups in total. The lowest BCUT2D eigenvalue weighted by atomic mass is 9.84. The Kier molecular flexibility index (Phi) is 9.71. The van der Waals surface area contributed by atoms with Gasteiger partial charge in [0.25, 0.3) is 5.91 Å². The second-order valence-corrected chi connectivity index (χ2v) is 9.76. The number of nitrogens with one attached hydrogen (secondary N) is 1. The number of ether oxygens (including phenoxy) is 1. The summed E-state index contributed by atoms with van der Waals surface area (Å²) in [5.41, 5.74) is 3.14. The number of amides is 2. The summed E-state index contributed by atoms with van der Waals surface area (Å²) in [6.45, 7) is 0.198. The van der Waals surface area contributed by atoms with Gasteiger partial charge in [0.2, 0.25) is 0 Å². The van der Waals surface area contributed by atoms with Crippen molar-refractivity contribution in [3.8, 4) is 5.75 Å². The van der Waals surface area contributed by atoms with Crippen molar-refractivity contribution < 1.29 is 34.6 Å². The number of carboxylic acids is 1. The molecule has 0 aliphatic heterocycles. The van der Waals surface area contributed by atoms with Crippen molar-refractivity contribution in [2.45, 2.75) is 51.0 Å². The molecule has 0 radical (unpaired) electrons. The smallest absolute Gasteiger partial charge is 0.420 e. The van der Waals surface area contributed by atoms with Gasteiger partial charge in [-0.25, -0.2) is 4.79 Å². The molecule has 1 saturated carbocycles. The first kappa shape index (κ1) is 28.6. The van der Waals surface area contributed by atoms with Crippen molar-refractivity contribution in [3.05, 3.63) is 89.5 Å². The zero-order chi connectivity index (χ0) is 28.5. The first-order valence-electron chi connectivity index (χ1n) is 13.3. The molecule has 4 rings (SSSR count). The fraction of sp³-hybridized carbons (Fsp3) is 0.300. The summed E-state index contributed by atoms with van der Waals surface area (Å²) in [7, 11) is 0. The number of carbonyl (C=O) groups is 3. The Balaban J connectivity index is 1.51. The zero-order valence-electron chi connectivity index (χ0n) is 22.0. The Morgan fingerprint density at radius 3 is 2.05 bits per heavy atom. The molecule has 0 bridgehead atoms. The van der Waals surface area contributed by atoms with E-state index >= 15 is 0 Å². The first-order valence-corrected chi connectivity index (χ1v) is 13.3. The van der Waals surface area contributed by atoms with E-state index in [0.29, 0.717) is 17.2 Å². The van der Waals surface area contributed by atoms with Crippen LogP contribution in [0.5, 0.6) is 5.75 Å². The molecule has 1 aliphatic carbocycles. The molecule has 0 spiro atoms. The highest BCUT2D eigenvalue weighted by atomic mass is 16.8. The largest absolute Gasteiger partial charge is 0.481 e. The average Bonchev–Trinajstić information content (AvgIpc) is 2.97. The van der Waals surface area contributed by atoms with Crippen molar-refractivity contribution in [2.75, 3.05) is 16.7 Å². The fourth-order valence-corrected chi connectivity index (χ4v) is 4.76. The number of anilines is 2. The molecule has 40 heavy (non-hydrogen) atoms. The zero-order valence-corrected chi connectivity index (χ0v) is 22.0. The number of benzene rings is 3. The number of carbonyl (C=O) groups excluding carboxylic acids is 2. The molecule has 0 aromatic heterocycles. The summed E-state index contributed by atoms with van der Waals surface area (Å²) in [4.78, 5) is 37.8. The molecule has 10 nitrogen and oxygen atoms in total. The summed E-state index contributed by atoms with van der Waals surface area (Å²) in [5.74, 6) is -0.620. The van der Waals surface area contributed by atoms with Crippen molar-refractivity contribution in [3.63, 3.8) is 0 Å². The average molecular weight is 548 g/mol. The molecular weight excluding hydrogens is 514 g/mol. The summed E-state index contributed by atoms with van der Waals surface area (Å²) < 4.78 is 5.60. The standard InChI is InChI=1S/C30H33N3O7/c34-28(35)18-19-31-29(36)24-8-6-21(7-9-24)20-32(30(37)40-27-16-14-26(15-17-27)33(38)39)25-12-10-23(11-13-25)22-4-2-1-3-5-22/h6-17,22,38-39H,1-5,18-20H2,(H,31,36)(H,34,35). The van der Waals surface area contributed by atoms with E-state index in [2.05, 4.69) is 17.4 Å². The van der Waals surface area contributed by atoms with E-state index in [1.807, 2.05) is 12.1 Å². The van der Waals surface area contributed by atoms with Crippen LogP contribution in [0.1, 0.15) is 65.9 Å². The van der Waals surface area contributed by atoms with Crippen LogP contribution in [0.3, 0.4) is 0 Å². The Morgan fingerprint density at radius 2 is 1.45 bits per heavy atom. The van der Waals surface area contributed by atoms with Gasteiger partial charge < -0.3 is 15.2 Å². The summed E-state index contributed by atoms with van der Waals surface area (Å²) in [5, 5.41) is 29.6. The van der Waals surface area contributed by atoms with Crippen LogP contribution in [0.15, 0.2) is 72.8 Å². The maximum atomic E-state index is 13.4. The molecule has 0 saturated heterocycles. The van der Waals surface area contributed by atoms with Crippen LogP contribution in [-0.2, 0) is 11.3 Å². The van der Waals surface area contributed by atoms with E-state index in [4.69, 9.17) is 20.3 Å². The molecular formula is C30H33N3O7. The first-order chi connectivity index (χ1) is 19.3. The van der Waals surface area contributed by atoms with Crippen LogP contribution in [0.25, 0.3) is 0 Å². The van der Waals surface area contributed by atoms with Crippen LogP contribution in [0, 0.1) is 0 Å². The summed E-state index contributed by atoms with van der Waals surface area (Å²) in [6.07, 6.45) is 5.25. The normalized spacial score (nSPS) is 13.3. The van der Waals surface area contributed by atoms with Gasteiger partial charge in [0.05, 0.1) is 18.7 Å². The summed E-state index contributed by atoms with van der Waals surface area (Å²) in [6, 6.07) is 20.3. The molecule has 1 aliphatic rings. The third-order valence-electron chi connectivity index (χ3n) is 6.96. The quantitative estimate of drug-likeness (QED) is 0.236. The number of carboxylic acid groups (broad SMARTS) is 1. The Morgan fingerprint density at radius 1 is 0.825 bits per heavy atom. The third-order valence-corrected chi connectivity index (χ3v) is 6.96. The molecule has 3 aromatic rings. The Hall–Kier alpha value is -4.41. The van der Waals surface area contributed by atoms with Gasteiger partial charge in [0.1, 0.15) is 5.75 Å². The van der Waals surface area contributed by atoms with Crippen molar-refractivity contribution in [2.24, 2.45) is 0 Å². The number of hydrogen-bond acceptors (Lipinski definition) is 7. The van der Waals surface area contributed by atoms with Gasteiger partial charge >= 0.3 is 12.1 Å². The molecule has 10 heteroatoms. The van der Waals surface area contributed by atoms with Crippen molar-refractivity contribution in [1.82, 2.24) is 5.32 Å². The highest BCUT2D eigenvalue weighted by Crippen LogP contribution is 2.33. The molecule has 1 fully saturated rings. The molecule has 0 unspecified atom stereocenters. The molecule has 3 aromatic carbocycles. The van der Waals surface area contributed by atoms with E-state index in [9.17, 15) is 14.4 Å². The minimum atomic E-state index is -0.992. The Bertz CT molecular complexity index is 1290. The highest BCUT2D eigenvalue weighted by molar-refractivity contribution is 5.94. The lowest BCUT2D eigenvalue weighted by Crippen LogP contribution is -2.33. The lowest BCUT2D eigenvalue weighted by Gasteiger charge is -2.25. The SMILES string of the molecule is O=C(O)CCNC(=O)c1ccc(CN(C(=O)Oc2ccc(N(O)O)cc2)c2ccc(C3CCCCC3)cc2)cc1. The third kappa shape index (κ3) is 7.81. The van der Waals surface area contributed by atoms with Gasteiger partial charge in [0.15, 0.2) is 0 Å². The second-order valence-electron chi connectivity index (χ2n) is 9.76. The lowest BCUT2D eigenvalue weighted by molar-refractivity contribution is -0.136. The van der Waals surface area contributed by atoms with E-state index < -0.39 is 12.1 Å². The maximum Gasteiger partial charge on any atom is 0.420 e. The molecule has 0 atom stereocenters. The van der Waals surface area contributed by atoms with Crippen LogP contribution in [0.4, 0.5) is 16.2 Å². The van der Waals surface area contributed by atoms with Gasteiger partial charge in [0, 0.05) is 17.8 Å². The number of rotatable bonds is 10. The maximum absolute atomic E-state index is 13.4. The Labute approximate surface area is 232 Å². The molecule has 0 heterocycles. The predicted octanol–water partition coefficient (Wildman–Crippen LogP) is 5.73. The highest BCUT2D eigenvalue weighted by Gasteiger charge is 2.21.